The van der Waals surface area contributed by atoms with Crippen LogP contribution in [0.3, 0.4) is 0 Å². The number of carbonyl (C=O) groups is 1. The second-order valence-corrected chi connectivity index (χ2v) is 7.01. The van der Waals surface area contributed by atoms with Crippen molar-refractivity contribution >= 4 is 17.4 Å². The highest BCUT2D eigenvalue weighted by molar-refractivity contribution is 6.03. The zero-order valence-electron chi connectivity index (χ0n) is 16.5. The van der Waals surface area contributed by atoms with Crippen molar-refractivity contribution in [1.29, 1.82) is 0 Å². The van der Waals surface area contributed by atoms with Gasteiger partial charge in [-0.2, -0.15) is 13.2 Å². The number of aromatic nitrogens is 2. The lowest BCUT2D eigenvalue weighted by Crippen LogP contribution is -2.22. The van der Waals surface area contributed by atoms with Gasteiger partial charge in [-0.15, -0.1) is 0 Å². The normalized spacial score (nSPS) is 16.5. The predicted molar refractivity (Wildman–Crippen MR) is 107 cm³/mol. The molecule has 1 aliphatic rings. The third-order valence-electron chi connectivity index (χ3n) is 4.95. The van der Waals surface area contributed by atoms with Crippen molar-refractivity contribution in [3.63, 3.8) is 0 Å². The third kappa shape index (κ3) is 4.53. The highest BCUT2D eigenvalue weighted by atomic mass is 19.4. The van der Waals surface area contributed by atoms with Gasteiger partial charge >= 0.3 is 6.18 Å². The molecule has 0 aliphatic carbocycles. The number of hydrogen-bond acceptors (Lipinski definition) is 6. The van der Waals surface area contributed by atoms with Crippen LogP contribution in [-0.2, 0) is 10.9 Å². The van der Waals surface area contributed by atoms with Crippen molar-refractivity contribution in [3.05, 3.63) is 60.1 Å². The molecule has 0 unspecified atom stereocenters. The quantitative estimate of drug-likeness (QED) is 0.650. The van der Waals surface area contributed by atoms with Crippen LogP contribution in [0.4, 0.5) is 24.7 Å². The minimum atomic E-state index is -4.88. The summed E-state index contributed by atoms with van der Waals surface area (Å²) in [5, 5.41) is 2.36. The average molecular weight is 432 g/mol. The van der Waals surface area contributed by atoms with E-state index in [0.717, 1.165) is 25.2 Å². The van der Waals surface area contributed by atoms with Crippen LogP contribution in [0.5, 0.6) is 0 Å². The largest absolute Gasteiger partial charge is 0.452 e. The fraction of sp³-hybridized carbons (Fsp3) is 0.286. The van der Waals surface area contributed by atoms with Gasteiger partial charge in [0.05, 0.1) is 18.0 Å². The van der Waals surface area contributed by atoms with Crippen LogP contribution in [-0.4, -0.2) is 42.2 Å². The van der Waals surface area contributed by atoms with E-state index in [1.165, 1.54) is 6.07 Å². The topological polar surface area (TPSA) is 80.5 Å². The number of methoxy groups -OCH3 is 1. The number of carbonyl (C=O) groups excluding carboxylic acids is 1. The minimum absolute atomic E-state index is 0.105. The minimum Gasteiger partial charge on any atom is -0.431 e. The monoisotopic (exact) mass is 432 g/mol. The van der Waals surface area contributed by atoms with Crippen LogP contribution in [0.25, 0.3) is 11.5 Å². The molecule has 1 N–H and O–H groups in total. The maximum atomic E-state index is 13.4. The van der Waals surface area contributed by atoms with Crippen LogP contribution < -0.4 is 10.2 Å². The number of benzene rings is 1. The number of ether oxygens (including phenoxy) is 1. The molecule has 3 aromatic rings. The molecule has 10 heteroatoms. The molecule has 0 saturated carbocycles. The zero-order valence-corrected chi connectivity index (χ0v) is 16.5. The molecule has 4 rings (SSSR count). The number of rotatable bonds is 5. The summed E-state index contributed by atoms with van der Waals surface area (Å²) in [6.07, 6.45) is -2.29. The Bertz CT molecular complexity index is 1050. The summed E-state index contributed by atoms with van der Waals surface area (Å²) >= 11 is 0. The number of nitrogens with one attached hydrogen (secondary N) is 1. The molecular formula is C21H19F3N4O3. The number of nitrogens with zero attached hydrogens (tertiary/aromatic N) is 3. The molecule has 1 fully saturated rings. The molecule has 0 spiro atoms. The first kappa shape index (κ1) is 20.9. The van der Waals surface area contributed by atoms with Gasteiger partial charge in [0.25, 0.3) is 5.91 Å². The molecule has 1 aromatic carbocycles. The first-order valence-corrected chi connectivity index (χ1v) is 9.53. The molecule has 7 nitrogen and oxygen atoms in total. The van der Waals surface area contributed by atoms with Gasteiger partial charge in [0.2, 0.25) is 11.7 Å². The van der Waals surface area contributed by atoms with Gasteiger partial charge in [0.15, 0.2) is 5.69 Å². The first-order valence-electron chi connectivity index (χ1n) is 9.53. The molecule has 2 aromatic heterocycles. The van der Waals surface area contributed by atoms with Gasteiger partial charge in [-0.3, -0.25) is 4.79 Å². The Balaban J connectivity index is 1.53. The standard InChI is InChI=1S/C21H19F3N4O3/c1-30-15-9-10-28(12-15)14-7-8-16(25-11-14)26-19(29)17-18(21(22,23)24)31-20(27-17)13-5-3-2-4-6-13/h2-8,11,15H,9-10,12H2,1H3,(H,25,26,29)/t15-/m0/s1. The van der Waals surface area contributed by atoms with E-state index >= 15 is 0 Å². The van der Waals surface area contributed by atoms with Crippen molar-refractivity contribution in [2.75, 3.05) is 30.4 Å². The average Bonchev–Trinajstić information content (AvgIpc) is 3.42. The Morgan fingerprint density at radius 2 is 2.00 bits per heavy atom. The zero-order chi connectivity index (χ0) is 22.0. The maximum absolute atomic E-state index is 13.4. The van der Waals surface area contributed by atoms with Crippen molar-refractivity contribution in [1.82, 2.24) is 9.97 Å². The predicted octanol–water partition coefficient (Wildman–Crippen LogP) is 4.23. The van der Waals surface area contributed by atoms with Crippen molar-refractivity contribution < 1.29 is 27.1 Å². The van der Waals surface area contributed by atoms with Gasteiger partial charge in [0, 0.05) is 25.8 Å². The molecule has 162 valence electrons. The SMILES string of the molecule is CO[C@H]1CCN(c2ccc(NC(=O)c3nc(-c4ccccc4)oc3C(F)(F)F)nc2)C1. The van der Waals surface area contributed by atoms with Gasteiger partial charge in [-0.25, -0.2) is 9.97 Å². The second-order valence-electron chi connectivity index (χ2n) is 7.01. The summed E-state index contributed by atoms with van der Waals surface area (Å²) in [6.45, 7) is 1.53. The Hall–Kier alpha value is -3.40. The van der Waals surface area contributed by atoms with Crippen LogP contribution in [0.1, 0.15) is 22.7 Å². The fourth-order valence-electron chi connectivity index (χ4n) is 3.35. The number of anilines is 2. The number of alkyl halides is 3. The van der Waals surface area contributed by atoms with E-state index in [9.17, 15) is 18.0 Å². The van der Waals surface area contributed by atoms with Gasteiger partial charge < -0.3 is 19.4 Å². The van der Waals surface area contributed by atoms with Crippen molar-refractivity contribution in [3.8, 4) is 11.5 Å². The highest BCUT2D eigenvalue weighted by Crippen LogP contribution is 2.35. The lowest BCUT2D eigenvalue weighted by Gasteiger charge is -2.18. The molecule has 1 aliphatic heterocycles. The van der Waals surface area contributed by atoms with Gasteiger partial charge in [-0.1, -0.05) is 18.2 Å². The van der Waals surface area contributed by atoms with Gasteiger partial charge in [0.1, 0.15) is 5.82 Å². The first-order chi connectivity index (χ1) is 14.8. The molecule has 1 amide bonds. The highest BCUT2D eigenvalue weighted by Gasteiger charge is 2.42. The lowest BCUT2D eigenvalue weighted by atomic mass is 10.2. The molecule has 1 saturated heterocycles. The van der Waals surface area contributed by atoms with Crippen LogP contribution in [0, 0.1) is 0 Å². The van der Waals surface area contributed by atoms with E-state index in [4.69, 9.17) is 9.15 Å². The summed E-state index contributed by atoms with van der Waals surface area (Å²) in [4.78, 5) is 22.6. The van der Waals surface area contributed by atoms with E-state index in [0.29, 0.717) is 5.56 Å². The number of halogens is 3. The van der Waals surface area contributed by atoms with E-state index in [2.05, 4.69) is 20.2 Å². The smallest absolute Gasteiger partial charge is 0.431 e. The van der Waals surface area contributed by atoms with E-state index < -0.39 is 23.5 Å². The molecular weight excluding hydrogens is 413 g/mol. The van der Waals surface area contributed by atoms with Crippen LogP contribution in [0.15, 0.2) is 53.1 Å². The summed E-state index contributed by atoms with van der Waals surface area (Å²) in [6, 6.07) is 11.3. The molecule has 31 heavy (non-hydrogen) atoms. The summed E-state index contributed by atoms with van der Waals surface area (Å²) in [7, 11) is 1.66. The van der Waals surface area contributed by atoms with Crippen LogP contribution >= 0.6 is 0 Å². The van der Waals surface area contributed by atoms with Crippen molar-refractivity contribution in [2.24, 2.45) is 0 Å². The van der Waals surface area contributed by atoms with E-state index in [1.807, 2.05) is 0 Å². The van der Waals surface area contributed by atoms with E-state index in [1.54, 1.807) is 49.7 Å². The van der Waals surface area contributed by atoms with Crippen molar-refractivity contribution in [2.45, 2.75) is 18.7 Å². The molecule has 3 heterocycles. The Morgan fingerprint density at radius 1 is 1.23 bits per heavy atom. The number of pyridine rings is 1. The second kappa shape index (κ2) is 8.38. The summed E-state index contributed by atoms with van der Waals surface area (Å²) in [5.41, 5.74) is 0.315. The lowest BCUT2D eigenvalue weighted by molar-refractivity contribution is -0.153. The summed E-state index contributed by atoms with van der Waals surface area (Å²) in [5.74, 6) is -2.70. The van der Waals surface area contributed by atoms with E-state index in [-0.39, 0.29) is 17.8 Å². The third-order valence-corrected chi connectivity index (χ3v) is 4.95. The van der Waals surface area contributed by atoms with Crippen LogP contribution in [0.2, 0.25) is 0 Å². The van der Waals surface area contributed by atoms with Gasteiger partial charge in [-0.05, 0) is 30.7 Å². The molecule has 0 radical (unpaired) electrons. The maximum Gasteiger partial charge on any atom is 0.452 e. The number of amides is 1. The Labute approximate surface area is 175 Å². The number of hydrogen-bond donors (Lipinski definition) is 1. The molecule has 0 bridgehead atoms. The Kier molecular flexibility index (Phi) is 5.64. The number of oxazole rings is 1. The molecule has 1 atom stereocenters. The fourth-order valence-corrected chi connectivity index (χ4v) is 3.35. The Morgan fingerprint density at radius 3 is 2.61 bits per heavy atom. The summed E-state index contributed by atoms with van der Waals surface area (Å²) < 4.78 is 50.5.